The van der Waals surface area contributed by atoms with E-state index >= 15 is 0 Å². The average Bonchev–Trinajstić information content (AvgIpc) is 3.16. The smallest absolute Gasteiger partial charge is 0.263 e. The molecule has 0 aliphatic rings. The Bertz CT molecular complexity index is 913. The van der Waals surface area contributed by atoms with E-state index in [1.807, 2.05) is 25.1 Å². The normalized spacial score (nSPS) is 11.6. The molecule has 0 fully saturated rings. The Hall–Kier alpha value is -2.12. The van der Waals surface area contributed by atoms with E-state index in [1.54, 1.807) is 25.1 Å². The SMILES string of the molecule is CCc1cccc(NS(=O)(=O)c2cc(-c3ccno3)sc2C)c1. The second kappa shape index (κ2) is 6.17. The highest BCUT2D eigenvalue weighted by Gasteiger charge is 2.21. The molecule has 23 heavy (non-hydrogen) atoms. The number of nitrogens with zero attached hydrogens (tertiary/aromatic N) is 1. The molecule has 2 heterocycles. The first-order valence-electron chi connectivity index (χ1n) is 7.13. The first-order chi connectivity index (χ1) is 11.0. The summed E-state index contributed by atoms with van der Waals surface area (Å²) in [5.41, 5.74) is 1.64. The van der Waals surface area contributed by atoms with Gasteiger partial charge < -0.3 is 4.52 Å². The van der Waals surface area contributed by atoms with Crippen molar-refractivity contribution in [3.63, 3.8) is 0 Å². The molecule has 0 amide bonds. The molecule has 5 nitrogen and oxygen atoms in total. The highest BCUT2D eigenvalue weighted by Crippen LogP contribution is 2.34. The standard InChI is InChI=1S/C16H16N2O3S2/c1-3-12-5-4-6-13(9-12)18-23(19,20)16-10-15(22-11(16)2)14-7-8-17-21-14/h4-10,18H,3H2,1-2H3. The molecule has 1 aromatic carbocycles. The van der Waals surface area contributed by atoms with Crippen molar-refractivity contribution in [2.24, 2.45) is 0 Å². The van der Waals surface area contributed by atoms with Crippen molar-refractivity contribution in [1.82, 2.24) is 5.16 Å². The van der Waals surface area contributed by atoms with E-state index in [4.69, 9.17) is 4.52 Å². The van der Waals surface area contributed by atoms with Crippen molar-refractivity contribution >= 4 is 27.0 Å². The van der Waals surface area contributed by atoms with Gasteiger partial charge in [-0.1, -0.05) is 24.2 Å². The number of rotatable bonds is 5. The zero-order valence-corrected chi connectivity index (χ0v) is 14.4. The molecule has 3 rings (SSSR count). The summed E-state index contributed by atoms with van der Waals surface area (Å²) in [6.07, 6.45) is 2.38. The number of thiophene rings is 1. The topological polar surface area (TPSA) is 72.2 Å². The molecular weight excluding hydrogens is 332 g/mol. The van der Waals surface area contributed by atoms with E-state index in [0.717, 1.165) is 16.9 Å². The van der Waals surface area contributed by atoms with Crippen LogP contribution in [0.25, 0.3) is 10.6 Å². The van der Waals surface area contributed by atoms with E-state index in [9.17, 15) is 8.42 Å². The number of benzene rings is 1. The Labute approximate surface area is 139 Å². The number of aryl methyl sites for hydroxylation is 2. The molecule has 120 valence electrons. The predicted octanol–water partition coefficient (Wildman–Crippen LogP) is 4.07. The van der Waals surface area contributed by atoms with Crippen LogP contribution in [0, 0.1) is 6.92 Å². The van der Waals surface area contributed by atoms with Gasteiger partial charge in [-0.25, -0.2) is 8.42 Å². The molecular formula is C16H16N2O3S2. The van der Waals surface area contributed by atoms with Crippen molar-refractivity contribution < 1.29 is 12.9 Å². The van der Waals surface area contributed by atoms with Gasteiger partial charge in [0.15, 0.2) is 5.76 Å². The molecule has 0 spiro atoms. The van der Waals surface area contributed by atoms with Gasteiger partial charge in [0.05, 0.1) is 11.1 Å². The molecule has 0 unspecified atom stereocenters. The van der Waals surface area contributed by atoms with Gasteiger partial charge >= 0.3 is 0 Å². The van der Waals surface area contributed by atoms with Crippen LogP contribution in [0.4, 0.5) is 5.69 Å². The third kappa shape index (κ3) is 3.30. The quantitative estimate of drug-likeness (QED) is 0.754. The number of hydrogen-bond acceptors (Lipinski definition) is 5. The number of sulfonamides is 1. The highest BCUT2D eigenvalue weighted by molar-refractivity contribution is 7.93. The maximum absolute atomic E-state index is 12.7. The lowest BCUT2D eigenvalue weighted by molar-refractivity contribution is 0.433. The predicted molar refractivity (Wildman–Crippen MR) is 91.2 cm³/mol. The van der Waals surface area contributed by atoms with Crippen LogP contribution in [0.1, 0.15) is 17.4 Å². The van der Waals surface area contributed by atoms with Gasteiger partial charge in [-0.2, -0.15) is 0 Å². The fourth-order valence-corrected chi connectivity index (χ4v) is 4.86. The van der Waals surface area contributed by atoms with Gasteiger partial charge in [-0.15, -0.1) is 11.3 Å². The summed E-state index contributed by atoms with van der Waals surface area (Å²) in [5.74, 6) is 0.563. The molecule has 0 aliphatic heterocycles. The first-order valence-corrected chi connectivity index (χ1v) is 9.43. The molecule has 0 radical (unpaired) electrons. The minimum absolute atomic E-state index is 0.260. The minimum Gasteiger partial charge on any atom is -0.355 e. The summed E-state index contributed by atoms with van der Waals surface area (Å²) in [6, 6.07) is 10.7. The zero-order valence-electron chi connectivity index (χ0n) is 12.7. The minimum atomic E-state index is -3.64. The second-order valence-electron chi connectivity index (χ2n) is 5.07. The van der Waals surface area contributed by atoms with Crippen LogP contribution in [0.15, 0.2) is 52.0 Å². The summed E-state index contributed by atoms with van der Waals surface area (Å²) >= 11 is 1.36. The molecule has 0 saturated heterocycles. The van der Waals surface area contributed by atoms with E-state index in [2.05, 4.69) is 9.88 Å². The largest absolute Gasteiger partial charge is 0.355 e. The molecule has 0 atom stereocenters. The Morgan fingerprint density at radius 2 is 2.09 bits per heavy atom. The van der Waals surface area contributed by atoms with Gasteiger partial charge in [0.2, 0.25) is 0 Å². The first kappa shape index (κ1) is 15.8. The maximum Gasteiger partial charge on any atom is 0.263 e. The van der Waals surface area contributed by atoms with Crippen LogP contribution in [0.3, 0.4) is 0 Å². The fourth-order valence-electron chi connectivity index (χ4n) is 2.26. The van der Waals surface area contributed by atoms with Crippen LogP contribution >= 0.6 is 11.3 Å². The Morgan fingerprint density at radius 3 is 2.78 bits per heavy atom. The Morgan fingerprint density at radius 1 is 1.26 bits per heavy atom. The maximum atomic E-state index is 12.7. The average molecular weight is 348 g/mol. The number of anilines is 1. The van der Waals surface area contributed by atoms with E-state index in [1.165, 1.54) is 17.5 Å². The zero-order chi connectivity index (χ0) is 16.4. The van der Waals surface area contributed by atoms with Crippen molar-refractivity contribution in [2.75, 3.05) is 4.72 Å². The van der Waals surface area contributed by atoms with Crippen LogP contribution in [0.2, 0.25) is 0 Å². The van der Waals surface area contributed by atoms with Gasteiger partial charge in [0, 0.05) is 16.6 Å². The van der Waals surface area contributed by atoms with Crippen LogP contribution in [-0.2, 0) is 16.4 Å². The van der Waals surface area contributed by atoms with Crippen molar-refractivity contribution in [3.05, 3.63) is 53.0 Å². The van der Waals surface area contributed by atoms with Crippen LogP contribution in [0.5, 0.6) is 0 Å². The number of nitrogens with one attached hydrogen (secondary N) is 1. The summed E-state index contributed by atoms with van der Waals surface area (Å²) in [6.45, 7) is 3.81. The van der Waals surface area contributed by atoms with Gasteiger partial charge in [0.1, 0.15) is 4.90 Å². The summed E-state index contributed by atoms with van der Waals surface area (Å²) < 4.78 is 33.0. The fraction of sp³-hybridized carbons (Fsp3) is 0.188. The molecule has 3 aromatic rings. The molecule has 7 heteroatoms. The third-order valence-electron chi connectivity index (χ3n) is 3.43. The molecule has 1 N–H and O–H groups in total. The number of aromatic nitrogens is 1. The lowest BCUT2D eigenvalue weighted by Crippen LogP contribution is -2.13. The molecule has 0 bridgehead atoms. The summed E-state index contributed by atoms with van der Waals surface area (Å²) in [7, 11) is -3.64. The molecule has 0 aliphatic carbocycles. The highest BCUT2D eigenvalue weighted by atomic mass is 32.2. The number of hydrogen-bond donors (Lipinski definition) is 1. The second-order valence-corrected chi connectivity index (χ2v) is 7.97. The van der Waals surface area contributed by atoms with Gasteiger partial charge in [-0.05, 0) is 37.1 Å². The lowest BCUT2D eigenvalue weighted by atomic mass is 10.1. The van der Waals surface area contributed by atoms with Crippen LogP contribution in [-0.4, -0.2) is 13.6 Å². The van der Waals surface area contributed by atoms with Gasteiger partial charge in [0.25, 0.3) is 10.0 Å². The summed E-state index contributed by atoms with van der Waals surface area (Å²) in [4.78, 5) is 1.70. The van der Waals surface area contributed by atoms with Crippen molar-refractivity contribution in [3.8, 4) is 10.6 Å². The molecule has 2 aromatic heterocycles. The van der Waals surface area contributed by atoms with Crippen molar-refractivity contribution in [2.45, 2.75) is 25.2 Å². The molecule has 0 saturated carbocycles. The van der Waals surface area contributed by atoms with E-state index < -0.39 is 10.0 Å². The van der Waals surface area contributed by atoms with E-state index in [-0.39, 0.29) is 4.90 Å². The van der Waals surface area contributed by atoms with Crippen molar-refractivity contribution in [1.29, 1.82) is 0 Å². The Balaban J connectivity index is 1.93. The monoisotopic (exact) mass is 348 g/mol. The van der Waals surface area contributed by atoms with Gasteiger partial charge in [-0.3, -0.25) is 4.72 Å². The van der Waals surface area contributed by atoms with Crippen LogP contribution < -0.4 is 4.72 Å². The Kier molecular flexibility index (Phi) is 4.23. The lowest BCUT2D eigenvalue weighted by Gasteiger charge is -2.08. The summed E-state index contributed by atoms with van der Waals surface area (Å²) in [5, 5.41) is 3.65. The van der Waals surface area contributed by atoms with E-state index in [0.29, 0.717) is 16.3 Å². The third-order valence-corrected chi connectivity index (χ3v) is 6.13.